The van der Waals surface area contributed by atoms with Gasteiger partial charge in [-0.2, -0.15) is 0 Å². The fourth-order valence-electron chi connectivity index (χ4n) is 1.98. The van der Waals surface area contributed by atoms with Crippen LogP contribution in [0, 0.1) is 6.92 Å². The largest absolute Gasteiger partial charge is 0.437 e. The van der Waals surface area contributed by atoms with Gasteiger partial charge in [-0.1, -0.05) is 26.0 Å². The maximum Gasteiger partial charge on any atom is 0.267 e. The number of carbonyl (C=O) groups is 1. The molecular formula is C16H19N3O2. The first-order valence-electron chi connectivity index (χ1n) is 6.73. The third-order valence-corrected chi connectivity index (χ3v) is 3.14. The Morgan fingerprint density at radius 1 is 1.24 bits per heavy atom. The number of aryl methyl sites for hydroxylation is 1. The number of amides is 1. The summed E-state index contributed by atoms with van der Waals surface area (Å²) in [6, 6.07) is 9.01. The van der Waals surface area contributed by atoms with Crippen molar-refractivity contribution in [2.45, 2.75) is 26.7 Å². The number of hydrogen-bond donors (Lipinski definition) is 2. The second kappa shape index (κ2) is 5.83. The molecule has 0 unspecified atom stereocenters. The summed E-state index contributed by atoms with van der Waals surface area (Å²) in [4.78, 5) is 15.3. The number of nitrogen functional groups attached to an aromatic ring is 1. The van der Waals surface area contributed by atoms with Crippen LogP contribution in [0.2, 0.25) is 0 Å². The Kier molecular flexibility index (Phi) is 4.12. The monoisotopic (exact) mass is 285 g/mol. The molecule has 0 radical (unpaired) electrons. The van der Waals surface area contributed by atoms with Gasteiger partial charge in [-0.25, -0.2) is 4.98 Å². The molecule has 1 aromatic heterocycles. The minimum atomic E-state index is -0.617. The number of primary amides is 1. The van der Waals surface area contributed by atoms with Crippen LogP contribution in [0.3, 0.4) is 0 Å². The molecule has 1 heterocycles. The average Bonchev–Trinajstić information content (AvgIpc) is 2.40. The standard InChI is InChI=1S/C16H19N3O2/c1-9(2)11-5-4-10(3)8-14(11)21-16-12(17)6-7-13(19-16)15(18)20/h4-9H,17H2,1-3H3,(H2,18,20). The highest BCUT2D eigenvalue weighted by Gasteiger charge is 2.13. The van der Waals surface area contributed by atoms with E-state index in [0.717, 1.165) is 11.1 Å². The topological polar surface area (TPSA) is 91.2 Å². The first-order chi connectivity index (χ1) is 9.88. The van der Waals surface area contributed by atoms with Gasteiger partial charge in [0.2, 0.25) is 5.88 Å². The Labute approximate surface area is 123 Å². The summed E-state index contributed by atoms with van der Waals surface area (Å²) in [5.41, 5.74) is 13.7. The molecule has 110 valence electrons. The number of ether oxygens (including phenoxy) is 1. The maximum atomic E-state index is 11.2. The van der Waals surface area contributed by atoms with Gasteiger partial charge in [0, 0.05) is 0 Å². The van der Waals surface area contributed by atoms with Crippen molar-refractivity contribution in [2.75, 3.05) is 5.73 Å². The number of hydrogen-bond acceptors (Lipinski definition) is 4. The lowest BCUT2D eigenvalue weighted by molar-refractivity contribution is 0.0995. The molecule has 1 amide bonds. The molecule has 0 aliphatic rings. The van der Waals surface area contributed by atoms with Crippen LogP contribution in [-0.4, -0.2) is 10.9 Å². The van der Waals surface area contributed by atoms with E-state index < -0.39 is 5.91 Å². The number of aromatic nitrogens is 1. The van der Waals surface area contributed by atoms with Gasteiger partial charge in [0.1, 0.15) is 11.4 Å². The van der Waals surface area contributed by atoms with E-state index in [4.69, 9.17) is 16.2 Å². The van der Waals surface area contributed by atoms with Crippen molar-refractivity contribution in [3.05, 3.63) is 47.2 Å². The number of rotatable bonds is 4. The first-order valence-corrected chi connectivity index (χ1v) is 6.73. The highest BCUT2D eigenvalue weighted by molar-refractivity contribution is 5.91. The highest BCUT2D eigenvalue weighted by atomic mass is 16.5. The van der Waals surface area contributed by atoms with E-state index in [9.17, 15) is 4.79 Å². The van der Waals surface area contributed by atoms with E-state index in [1.165, 1.54) is 6.07 Å². The van der Waals surface area contributed by atoms with E-state index in [1.807, 2.05) is 25.1 Å². The lowest BCUT2D eigenvalue weighted by Gasteiger charge is -2.15. The molecule has 0 atom stereocenters. The van der Waals surface area contributed by atoms with Gasteiger partial charge in [0.25, 0.3) is 5.91 Å². The second-order valence-corrected chi connectivity index (χ2v) is 5.25. The number of pyridine rings is 1. The van der Waals surface area contributed by atoms with Gasteiger partial charge in [0.05, 0.1) is 5.69 Å². The lowest BCUT2D eigenvalue weighted by atomic mass is 10.0. The number of benzene rings is 1. The summed E-state index contributed by atoms with van der Waals surface area (Å²) in [5.74, 6) is 0.555. The predicted octanol–water partition coefficient (Wildman–Crippen LogP) is 2.99. The van der Waals surface area contributed by atoms with Crippen molar-refractivity contribution in [2.24, 2.45) is 5.73 Å². The summed E-state index contributed by atoms with van der Waals surface area (Å²) in [6.07, 6.45) is 0. The first kappa shape index (κ1) is 14.8. The minimum Gasteiger partial charge on any atom is -0.437 e. The van der Waals surface area contributed by atoms with Crippen molar-refractivity contribution in [1.29, 1.82) is 0 Å². The van der Waals surface area contributed by atoms with Gasteiger partial charge in [-0.15, -0.1) is 0 Å². The normalized spacial score (nSPS) is 10.7. The third kappa shape index (κ3) is 3.31. The maximum absolute atomic E-state index is 11.2. The molecular weight excluding hydrogens is 266 g/mol. The fraction of sp³-hybridized carbons (Fsp3) is 0.250. The van der Waals surface area contributed by atoms with Crippen LogP contribution in [0.5, 0.6) is 11.6 Å². The predicted molar refractivity (Wildman–Crippen MR) is 82.5 cm³/mol. The zero-order chi connectivity index (χ0) is 15.6. The molecule has 0 bridgehead atoms. The van der Waals surface area contributed by atoms with E-state index in [-0.39, 0.29) is 11.6 Å². The number of carbonyl (C=O) groups excluding carboxylic acids is 1. The van der Waals surface area contributed by atoms with E-state index >= 15 is 0 Å². The Morgan fingerprint density at radius 3 is 2.57 bits per heavy atom. The van der Waals surface area contributed by atoms with Crippen LogP contribution in [0.1, 0.15) is 41.4 Å². The molecule has 0 aliphatic carbocycles. The molecule has 0 saturated heterocycles. The van der Waals surface area contributed by atoms with Gasteiger partial charge < -0.3 is 16.2 Å². The summed E-state index contributed by atoms with van der Waals surface area (Å²) in [5, 5.41) is 0. The summed E-state index contributed by atoms with van der Waals surface area (Å²) in [7, 11) is 0. The Hall–Kier alpha value is -2.56. The molecule has 2 aromatic rings. The zero-order valence-electron chi connectivity index (χ0n) is 12.4. The molecule has 0 spiro atoms. The van der Waals surface area contributed by atoms with E-state index in [2.05, 4.69) is 18.8 Å². The molecule has 0 aliphatic heterocycles. The van der Waals surface area contributed by atoms with E-state index in [1.54, 1.807) is 6.07 Å². The van der Waals surface area contributed by atoms with Crippen molar-refractivity contribution in [1.82, 2.24) is 4.98 Å². The van der Waals surface area contributed by atoms with E-state index in [0.29, 0.717) is 17.4 Å². The van der Waals surface area contributed by atoms with Crippen molar-refractivity contribution < 1.29 is 9.53 Å². The second-order valence-electron chi connectivity index (χ2n) is 5.25. The molecule has 1 aromatic carbocycles. The Bertz CT molecular complexity index is 681. The van der Waals surface area contributed by atoms with Crippen LogP contribution >= 0.6 is 0 Å². The molecule has 5 heteroatoms. The SMILES string of the molecule is Cc1ccc(C(C)C)c(Oc2nc(C(N)=O)ccc2N)c1. The van der Waals surface area contributed by atoms with Gasteiger partial charge in [-0.05, 0) is 42.2 Å². The Morgan fingerprint density at radius 2 is 1.95 bits per heavy atom. The number of nitrogens with two attached hydrogens (primary N) is 2. The van der Waals surface area contributed by atoms with Crippen LogP contribution in [0.25, 0.3) is 0 Å². The summed E-state index contributed by atoms with van der Waals surface area (Å²) < 4.78 is 5.83. The van der Waals surface area contributed by atoms with Gasteiger partial charge >= 0.3 is 0 Å². The third-order valence-electron chi connectivity index (χ3n) is 3.14. The summed E-state index contributed by atoms with van der Waals surface area (Å²) in [6.45, 7) is 6.13. The minimum absolute atomic E-state index is 0.123. The van der Waals surface area contributed by atoms with Crippen LogP contribution in [-0.2, 0) is 0 Å². The molecule has 21 heavy (non-hydrogen) atoms. The van der Waals surface area contributed by atoms with Crippen LogP contribution in [0.15, 0.2) is 30.3 Å². The lowest BCUT2D eigenvalue weighted by Crippen LogP contribution is -2.13. The highest BCUT2D eigenvalue weighted by Crippen LogP contribution is 2.33. The Balaban J connectivity index is 2.44. The number of anilines is 1. The quantitative estimate of drug-likeness (QED) is 0.903. The molecule has 4 N–H and O–H groups in total. The smallest absolute Gasteiger partial charge is 0.267 e. The summed E-state index contributed by atoms with van der Waals surface area (Å²) >= 11 is 0. The number of nitrogens with zero attached hydrogens (tertiary/aromatic N) is 1. The fourth-order valence-corrected chi connectivity index (χ4v) is 1.98. The molecule has 0 saturated carbocycles. The van der Waals surface area contributed by atoms with Crippen molar-refractivity contribution >= 4 is 11.6 Å². The average molecular weight is 285 g/mol. The molecule has 0 fully saturated rings. The van der Waals surface area contributed by atoms with Crippen LogP contribution in [0.4, 0.5) is 5.69 Å². The van der Waals surface area contributed by atoms with Crippen molar-refractivity contribution in [3.63, 3.8) is 0 Å². The van der Waals surface area contributed by atoms with Crippen molar-refractivity contribution in [3.8, 4) is 11.6 Å². The molecule has 2 rings (SSSR count). The van der Waals surface area contributed by atoms with Crippen LogP contribution < -0.4 is 16.2 Å². The zero-order valence-corrected chi connectivity index (χ0v) is 12.4. The van der Waals surface area contributed by atoms with Gasteiger partial charge in [0.15, 0.2) is 0 Å². The molecule has 5 nitrogen and oxygen atoms in total. The van der Waals surface area contributed by atoms with Gasteiger partial charge in [-0.3, -0.25) is 4.79 Å².